The molecule has 1 aromatic carbocycles. The number of carbonyl (C=O) groups is 2. The van der Waals surface area contributed by atoms with Crippen LogP contribution in [0.5, 0.6) is 5.75 Å². The molecule has 3 rings (SSSR count). The highest BCUT2D eigenvalue weighted by molar-refractivity contribution is 6.22. The second-order valence-electron chi connectivity index (χ2n) is 8.26. The third kappa shape index (κ3) is 2.85. The summed E-state index contributed by atoms with van der Waals surface area (Å²) in [5.41, 5.74) is 5.48. The maximum absolute atomic E-state index is 12.6. The Morgan fingerprint density at radius 2 is 1.65 bits per heavy atom. The number of Topliss-reactive ketones (excluding diaryl/α,β-unsaturated/α-hetero) is 2. The van der Waals surface area contributed by atoms with Gasteiger partial charge in [-0.2, -0.15) is 0 Å². The average molecular weight is 356 g/mol. The normalized spacial score (nSPS) is 21.6. The number of benzene rings is 1. The van der Waals surface area contributed by atoms with E-state index in [4.69, 9.17) is 4.74 Å². The van der Waals surface area contributed by atoms with E-state index in [1.165, 1.54) is 11.1 Å². The first kappa shape index (κ1) is 18.7. The fraction of sp³-hybridized carbons (Fsp3) is 0.545. The molecule has 1 aromatic rings. The van der Waals surface area contributed by atoms with Crippen molar-refractivity contribution < 1.29 is 19.4 Å². The lowest BCUT2D eigenvalue weighted by molar-refractivity contribution is -0.124. The molecule has 26 heavy (non-hydrogen) atoms. The van der Waals surface area contributed by atoms with E-state index in [9.17, 15) is 14.7 Å². The lowest BCUT2D eigenvalue weighted by Gasteiger charge is -2.28. The van der Waals surface area contributed by atoms with Gasteiger partial charge in [-0.1, -0.05) is 6.92 Å². The van der Waals surface area contributed by atoms with Crippen molar-refractivity contribution in [2.45, 2.75) is 78.7 Å². The molecular formula is C22H28O4. The maximum Gasteiger partial charge on any atom is 0.170 e. The van der Waals surface area contributed by atoms with Crippen LogP contribution in [0.1, 0.15) is 73.8 Å². The molecule has 0 bridgehead atoms. The molecule has 0 unspecified atom stereocenters. The monoisotopic (exact) mass is 356 g/mol. The molecule has 2 aliphatic rings. The van der Waals surface area contributed by atoms with Crippen LogP contribution in [0.2, 0.25) is 0 Å². The number of aliphatic hydroxyl groups is 1. The third-order valence-corrected chi connectivity index (χ3v) is 5.87. The van der Waals surface area contributed by atoms with Gasteiger partial charge in [0.1, 0.15) is 17.1 Å². The molecule has 140 valence electrons. The van der Waals surface area contributed by atoms with Gasteiger partial charge in [0.05, 0.1) is 5.57 Å². The number of fused-ring (bicyclic) bond motifs is 1. The Balaban J connectivity index is 2.06. The van der Waals surface area contributed by atoms with Gasteiger partial charge in [0.25, 0.3) is 0 Å². The van der Waals surface area contributed by atoms with Gasteiger partial charge in [0, 0.05) is 31.2 Å². The fourth-order valence-electron chi connectivity index (χ4n) is 4.51. The van der Waals surface area contributed by atoms with Crippen LogP contribution < -0.4 is 4.74 Å². The number of hydrogen-bond donors (Lipinski definition) is 1. The van der Waals surface area contributed by atoms with Crippen molar-refractivity contribution in [3.63, 3.8) is 0 Å². The number of allylic oxidation sites excluding steroid dienone is 2. The zero-order chi connectivity index (χ0) is 19.4. The average Bonchev–Trinajstić information content (AvgIpc) is 2.88. The van der Waals surface area contributed by atoms with Crippen LogP contribution >= 0.6 is 0 Å². The number of hydrogen-bond acceptors (Lipinski definition) is 4. The van der Waals surface area contributed by atoms with Crippen molar-refractivity contribution >= 4 is 11.6 Å². The standard InChI is InChI=1S/C22H28O4/c1-7-16(23)20-17(24)8-14(9-18(20)25)19-12(3)11(2)15-10-22(5,6)26-21(15)13(19)4/h14,23H,7-10H2,1-6H3. The molecule has 4 heteroatoms. The van der Waals surface area contributed by atoms with E-state index in [1.54, 1.807) is 6.92 Å². The summed E-state index contributed by atoms with van der Waals surface area (Å²) in [7, 11) is 0. The van der Waals surface area contributed by atoms with E-state index in [1.807, 2.05) is 6.92 Å². The van der Waals surface area contributed by atoms with Gasteiger partial charge >= 0.3 is 0 Å². The summed E-state index contributed by atoms with van der Waals surface area (Å²) in [6.45, 7) is 12.1. The van der Waals surface area contributed by atoms with E-state index >= 15 is 0 Å². The molecule has 0 radical (unpaired) electrons. The first-order valence-corrected chi connectivity index (χ1v) is 9.37. The van der Waals surface area contributed by atoms with E-state index in [0.29, 0.717) is 6.42 Å². The quantitative estimate of drug-likeness (QED) is 0.479. The highest BCUT2D eigenvalue weighted by atomic mass is 16.5. The van der Waals surface area contributed by atoms with Crippen LogP contribution in [-0.4, -0.2) is 22.3 Å². The summed E-state index contributed by atoms with van der Waals surface area (Å²) in [6, 6.07) is 0. The summed E-state index contributed by atoms with van der Waals surface area (Å²) in [5, 5.41) is 9.94. The van der Waals surface area contributed by atoms with Crippen molar-refractivity contribution in [1.82, 2.24) is 0 Å². The molecule has 1 fully saturated rings. The number of rotatable bonds is 2. The molecule has 1 aliphatic carbocycles. The Hall–Kier alpha value is -2.10. The minimum Gasteiger partial charge on any atom is -0.511 e. The smallest absolute Gasteiger partial charge is 0.170 e. The van der Waals surface area contributed by atoms with E-state index in [0.717, 1.165) is 28.9 Å². The van der Waals surface area contributed by atoms with Crippen LogP contribution in [0.4, 0.5) is 0 Å². The first-order valence-electron chi connectivity index (χ1n) is 9.37. The van der Waals surface area contributed by atoms with Crippen LogP contribution in [0.25, 0.3) is 0 Å². The van der Waals surface area contributed by atoms with E-state index < -0.39 is 0 Å². The Morgan fingerprint density at radius 3 is 2.19 bits per heavy atom. The molecular weight excluding hydrogens is 328 g/mol. The van der Waals surface area contributed by atoms with Crippen LogP contribution in [0.3, 0.4) is 0 Å². The van der Waals surface area contributed by atoms with Gasteiger partial charge in [0.15, 0.2) is 11.6 Å². The second-order valence-corrected chi connectivity index (χ2v) is 8.26. The minimum absolute atomic E-state index is 0.00863. The molecule has 1 aliphatic heterocycles. The number of carbonyl (C=O) groups excluding carboxylic acids is 2. The Bertz CT molecular complexity index is 822. The predicted octanol–water partition coefficient (Wildman–Crippen LogP) is 4.56. The summed E-state index contributed by atoms with van der Waals surface area (Å²) < 4.78 is 6.20. The predicted molar refractivity (Wildman–Crippen MR) is 101 cm³/mol. The van der Waals surface area contributed by atoms with Crippen LogP contribution in [0.15, 0.2) is 11.3 Å². The van der Waals surface area contributed by atoms with Gasteiger partial charge in [-0.15, -0.1) is 0 Å². The van der Waals surface area contributed by atoms with Gasteiger partial charge < -0.3 is 9.84 Å². The summed E-state index contributed by atoms with van der Waals surface area (Å²) in [4.78, 5) is 25.1. The van der Waals surface area contributed by atoms with Crippen molar-refractivity contribution in [1.29, 1.82) is 0 Å². The SMILES string of the molecule is CCC(O)=C1C(=O)CC(c2c(C)c(C)c3c(c2C)OC(C)(C)C3)CC1=O. The molecule has 0 aromatic heterocycles. The molecule has 1 saturated carbocycles. The summed E-state index contributed by atoms with van der Waals surface area (Å²) in [5.74, 6) is 0.195. The Labute approximate surface area is 155 Å². The molecule has 0 amide bonds. The zero-order valence-corrected chi connectivity index (χ0v) is 16.6. The largest absolute Gasteiger partial charge is 0.511 e. The van der Waals surface area contributed by atoms with Crippen LogP contribution in [-0.2, 0) is 16.0 Å². The van der Waals surface area contributed by atoms with Gasteiger partial charge in [-0.3, -0.25) is 9.59 Å². The fourth-order valence-corrected chi connectivity index (χ4v) is 4.51. The Kier molecular flexibility index (Phi) is 4.50. The lowest BCUT2D eigenvalue weighted by Crippen LogP contribution is -2.27. The molecule has 0 saturated heterocycles. The maximum atomic E-state index is 12.6. The molecule has 4 nitrogen and oxygen atoms in total. The highest BCUT2D eigenvalue weighted by Gasteiger charge is 2.39. The molecule has 0 spiro atoms. The third-order valence-electron chi connectivity index (χ3n) is 5.87. The number of aliphatic hydroxyl groups excluding tert-OH is 1. The molecule has 1 N–H and O–H groups in total. The van der Waals surface area contributed by atoms with E-state index in [2.05, 4.69) is 27.7 Å². The number of ketones is 2. The Morgan fingerprint density at radius 1 is 1.08 bits per heavy atom. The van der Waals surface area contributed by atoms with Gasteiger partial charge in [-0.05, 0) is 62.8 Å². The van der Waals surface area contributed by atoms with Crippen LogP contribution in [0, 0.1) is 20.8 Å². The van der Waals surface area contributed by atoms with E-state index in [-0.39, 0.29) is 47.3 Å². The van der Waals surface area contributed by atoms with Gasteiger partial charge in [0.2, 0.25) is 0 Å². The summed E-state index contributed by atoms with van der Waals surface area (Å²) in [6.07, 6.45) is 1.69. The zero-order valence-electron chi connectivity index (χ0n) is 16.6. The number of ether oxygens (including phenoxy) is 1. The highest BCUT2D eigenvalue weighted by Crippen LogP contribution is 2.46. The van der Waals surface area contributed by atoms with Crippen molar-refractivity contribution in [2.75, 3.05) is 0 Å². The minimum atomic E-state index is -0.246. The lowest BCUT2D eigenvalue weighted by atomic mass is 9.75. The molecule has 0 atom stereocenters. The second kappa shape index (κ2) is 6.26. The van der Waals surface area contributed by atoms with Crippen molar-refractivity contribution in [3.8, 4) is 5.75 Å². The van der Waals surface area contributed by atoms with Crippen molar-refractivity contribution in [2.24, 2.45) is 0 Å². The first-order chi connectivity index (χ1) is 12.1. The summed E-state index contributed by atoms with van der Waals surface area (Å²) >= 11 is 0. The van der Waals surface area contributed by atoms with Gasteiger partial charge in [-0.25, -0.2) is 0 Å². The molecule has 1 heterocycles. The van der Waals surface area contributed by atoms with Crippen molar-refractivity contribution in [3.05, 3.63) is 39.1 Å². The topological polar surface area (TPSA) is 63.6 Å².